The summed E-state index contributed by atoms with van der Waals surface area (Å²) in [4.78, 5) is 7.72. The van der Waals surface area contributed by atoms with Gasteiger partial charge in [-0.2, -0.15) is 13.2 Å². The molecule has 4 N–H and O–H groups in total. The Morgan fingerprint density at radius 3 is 2.18 bits per heavy atom. The number of hydrogen-bond donors (Lipinski definition) is 3. The second-order valence-electron chi connectivity index (χ2n) is 7.58. The van der Waals surface area contributed by atoms with Crippen LogP contribution in [-0.4, -0.2) is 40.9 Å². The number of nitrogens with zero attached hydrogens (tertiary/aromatic N) is 2. The Hall–Kier alpha value is -3.46. The standard InChI is InChI=1S/C23H20F3N3O4S/c1-14(30)3-4-16-11-17(22(2,31)23(24,25)26)12-29-21(16)15-5-7-18(8-6-15)34(32,33)19-9-10-20(27)28-13-19/h5-14,30-31H,1-2H3,(H2,27,28). The second-order valence-corrected chi connectivity index (χ2v) is 9.53. The van der Waals surface area contributed by atoms with E-state index in [0.717, 1.165) is 18.5 Å². The summed E-state index contributed by atoms with van der Waals surface area (Å²) in [7, 11) is -3.89. The Labute approximate surface area is 194 Å². The molecule has 2 unspecified atom stereocenters. The molecule has 11 heteroatoms. The molecule has 7 nitrogen and oxygen atoms in total. The summed E-state index contributed by atoms with van der Waals surface area (Å²) in [6.07, 6.45) is -4.02. The molecule has 0 spiro atoms. The number of aliphatic hydroxyl groups excluding tert-OH is 1. The van der Waals surface area contributed by atoms with E-state index < -0.39 is 33.3 Å². The lowest BCUT2D eigenvalue weighted by Crippen LogP contribution is -2.39. The molecular formula is C23H20F3N3O4S. The van der Waals surface area contributed by atoms with Crippen LogP contribution >= 0.6 is 0 Å². The van der Waals surface area contributed by atoms with Crippen molar-refractivity contribution in [2.24, 2.45) is 0 Å². The van der Waals surface area contributed by atoms with E-state index in [1.165, 1.54) is 43.3 Å². The van der Waals surface area contributed by atoms with Gasteiger partial charge in [0.15, 0.2) is 5.60 Å². The third-order valence-electron chi connectivity index (χ3n) is 4.93. The molecule has 3 aromatic rings. The van der Waals surface area contributed by atoms with Gasteiger partial charge in [0.1, 0.15) is 11.9 Å². The predicted octanol–water partition coefficient (Wildman–Crippen LogP) is 3.06. The first-order valence-corrected chi connectivity index (χ1v) is 11.3. The number of pyridine rings is 2. The minimum Gasteiger partial charge on any atom is -0.384 e. The molecule has 0 amide bonds. The molecule has 3 rings (SSSR count). The van der Waals surface area contributed by atoms with Crippen LogP contribution in [0.25, 0.3) is 11.3 Å². The number of hydrogen-bond acceptors (Lipinski definition) is 7. The lowest BCUT2D eigenvalue weighted by atomic mass is 9.94. The van der Waals surface area contributed by atoms with Gasteiger partial charge >= 0.3 is 6.18 Å². The number of benzene rings is 1. The SMILES string of the molecule is CC(O)C#Cc1cc(C(C)(O)C(F)(F)F)cnc1-c1ccc(S(=O)(=O)c2ccc(N)nc2)cc1. The van der Waals surface area contributed by atoms with Crippen molar-refractivity contribution in [2.75, 3.05) is 5.73 Å². The maximum Gasteiger partial charge on any atom is 0.421 e. The highest BCUT2D eigenvalue weighted by Gasteiger charge is 2.51. The summed E-state index contributed by atoms with van der Waals surface area (Å²) in [5.74, 6) is 5.18. The van der Waals surface area contributed by atoms with Crippen molar-refractivity contribution < 1.29 is 31.8 Å². The van der Waals surface area contributed by atoms with Crippen molar-refractivity contribution in [3.05, 3.63) is 66.0 Å². The average molecular weight is 491 g/mol. The van der Waals surface area contributed by atoms with Crippen molar-refractivity contribution >= 4 is 15.7 Å². The number of nitrogens with two attached hydrogens (primary N) is 1. The predicted molar refractivity (Wildman–Crippen MR) is 118 cm³/mol. The highest BCUT2D eigenvalue weighted by atomic mass is 32.2. The smallest absolute Gasteiger partial charge is 0.384 e. The van der Waals surface area contributed by atoms with Crippen LogP contribution in [0.15, 0.2) is 64.6 Å². The molecule has 1 aromatic carbocycles. The van der Waals surface area contributed by atoms with Crippen molar-refractivity contribution in [3.63, 3.8) is 0 Å². The van der Waals surface area contributed by atoms with Crippen LogP contribution in [0, 0.1) is 11.8 Å². The Kier molecular flexibility index (Phi) is 6.71. The van der Waals surface area contributed by atoms with Gasteiger partial charge in [-0.15, -0.1) is 0 Å². The zero-order valence-corrected chi connectivity index (χ0v) is 18.8. The monoisotopic (exact) mass is 491 g/mol. The topological polar surface area (TPSA) is 126 Å². The Balaban J connectivity index is 2.07. The fraction of sp³-hybridized carbons (Fsp3) is 0.217. The first-order valence-electron chi connectivity index (χ1n) is 9.80. The lowest BCUT2D eigenvalue weighted by molar-refractivity contribution is -0.259. The zero-order valence-electron chi connectivity index (χ0n) is 18.0. The van der Waals surface area contributed by atoms with E-state index in [9.17, 15) is 31.8 Å². The van der Waals surface area contributed by atoms with Crippen molar-refractivity contribution in [3.8, 4) is 23.1 Å². The van der Waals surface area contributed by atoms with Crippen LogP contribution in [0.1, 0.15) is 25.0 Å². The maximum atomic E-state index is 13.3. The van der Waals surface area contributed by atoms with Crippen LogP contribution in [-0.2, 0) is 15.4 Å². The molecule has 2 heterocycles. The quantitative estimate of drug-likeness (QED) is 0.479. The summed E-state index contributed by atoms with van der Waals surface area (Å²) in [5, 5.41) is 19.5. The maximum absolute atomic E-state index is 13.3. The van der Waals surface area contributed by atoms with Gasteiger partial charge in [0.25, 0.3) is 0 Å². The molecule has 0 aliphatic heterocycles. The van der Waals surface area contributed by atoms with E-state index in [1.807, 2.05) is 0 Å². The molecule has 2 atom stereocenters. The normalized spacial score (nSPS) is 14.6. The summed E-state index contributed by atoms with van der Waals surface area (Å²) >= 11 is 0. The number of anilines is 1. The van der Waals surface area contributed by atoms with E-state index in [4.69, 9.17) is 5.73 Å². The number of nitrogen functional groups attached to an aromatic ring is 1. The molecule has 0 aliphatic carbocycles. The van der Waals surface area contributed by atoms with E-state index in [1.54, 1.807) is 0 Å². The summed E-state index contributed by atoms with van der Waals surface area (Å²) in [6, 6.07) is 9.20. The van der Waals surface area contributed by atoms with E-state index in [0.29, 0.717) is 12.5 Å². The van der Waals surface area contributed by atoms with Gasteiger partial charge in [0.05, 0.1) is 21.0 Å². The molecule has 178 valence electrons. The van der Waals surface area contributed by atoms with Gasteiger partial charge in [-0.3, -0.25) is 4.98 Å². The highest BCUT2D eigenvalue weighted by Crippen LogP contribution is 2.39. The Morgan fingerprint density at radius 2 is 1.65 bits per heavy atom. The van der Waals surface area contributed by atoms with E-state index in [2.05, 4.69) is 21.8 Å². The number of alkyl halides is 3. The van der Waals surface area contributed by atoms with Gasteiger partial charge < -0.3 is 15.9 Å². The second kappa shape index (κ2) is 9.06. The zero-order chi connectivity index (χ0) is 25.3. The number of aliphatic hydroxyl groups is 2. The van der Waals surface area contributed by atoms with Crippen LogP contribution < -0.4 is 5.73 Å². The molecule has 2 aromatic heterocycles. The number of rotatable bonds is 4. The van der Waals surface area contributed by atoms with Gasteiger partial charge in [0, 0.05) is 23.5 Å². The molecule has 0 bridgehead atoms. The summed E-state index contributed by atoms with van der Waals surface area (Å²) < 4.78 is 65.5. The molecule has 0 aliphatic rings. The number of sulfone groups is 1. The van der Waals surface area contributed by atoms with Crippen LogP contribution in [0.2, 0.25) is 0 Å². The minimum atomic E-state index is -4.96. The molecule has 0 saturated heterocycles. The fourth-order valence-corrected chi connectivity index (χ4v) is 4.09. The van der Waals surface area contributed by atoms with Crippen molar-refractivity contribution in [1.29, 1.82) is 0 Å². The lowest BCUT2D eigenvalue weighted by Gasteiger charge is -2.26. The average Bonchev–Trinajstić information content (AvgIpc) is 2.77. The molecule has 34 heavy (non-hydrogen) atoms. The van der Waals surface area contributed by atoms with Crippen molar-refractivity contribution in [1.82, 2.24) is 9.97 Å². The van der Waals surface area contributed by atoms with E-state index >= 15 is 0 Å². The van der Waals surface area contributed by atoms with Gasteiger partial charge in [-0.1, -0.05) is 24.0 Å². The largest absolute Gasteiger partial charge is 0.421 e. The number of halogens is 3. The Morgan fingerprint density at radius 1 is 1.03 bits per heavy atom. The van der Waals surface area contributed by atoms with Gasteiger partial charge in [-0.25, -0.2) is 13.4 Å². The highest BCUT2D eigenvalue weighted by molar-refractivity contribution is 7.91. The third-order valence-corrected chi connectivity index (χ3v) is 6.68. The first-order chi connectivity index (χ1) is 15.7. The van der Waals surface area contributed by atoms with Gasteiger partial charge in [0.2, 0.25) is 9.84 Å². The summed E-state index contributed by atoms with van der Waals surface area (Å²) in [5.41, 5.74) is 2.31. The molecule has 0 fully saturated rings. The van der Waals surface area contributed by atoms with Crippen LogP contribution in [0.4, 0.5) is 19.0 Å². The van der Waals surface area contributed by atoms with Gasteiger partial charge in [-0.05, 0) is 44.2 Å². The van der Waals surface area contributed by atoms with Crippen LogP contribution in [0.3, 0.4) is 0 Å². The van der Waals surface area contributed by atoms with Crippen molar-refractivity contribution in [2.45, 2.75) is 41.5 Å². The molecule has 0 radical (unpaired) electrons. The number of aromatic nitrogens is 2. The third kappa shape index (κ3) is 5.04. The first kappa shape index (κ1) is 25.2. The Bertz CT molecular complexity index is 1360. The van der Waals surface area contributed by atoms with E-state index in [-0.39, 0.29) is 26.9 Å². The fourth-order valence-electron chi connectivity index (χ4n) is 2.88. The summed E-state index contributed by atoms with van der Waals surface area (Å²) in [6.45, 7) is 1.98. The molecule has 0 saturated carbocycles. The van der Waals surface area contributed by atoms with Crippen LogP contribution in [0.5, 0.6) is 0 Å². The molecular weight excluding hydrogens is 471 g/mol. The minimum absolute atomic E-state index is 0.0151.